The Balaban J connectivity index is 0.000000278. The molecule has 6 aromatic carbocycles. The third-order valence-electron chi connectivity index (χ3n) is 15.0. The summed E-state index contributed by atoms with van der Waals surface area (Å²) in [4.78, 5) is 64.8. The van der Waals surface area contributed by atoms with Crippen LogP contribution in [-0.2, 0) is 85.1 Å². The second-order valence-electron chi connectivity index (χ2n) is 21.3. The predicted octanol–water partition coefficient (Wildman–Crippen LogP) is 15.1. The lowest BCUT2D eigenvalue weighted by Crippen LogP contribution is -2.40. The number of hydrogen-bond acceptors (Lipinski definition) is 10. The van der Waals surface area contributed by atoms with Crippen LogP contribution in [0, 0.1) is 25.5 Å². The number of benzene rings is 6. The molecule has 2 aliphatic rings. The van der Waals surface area contributed by atoms with Gasteiger partial charge in [-0.05, 0) is 183 Å². The van der Waals surface area contributed by atoms with Crippen LogP contribution in [0.3, 0.4) is 0 Å². The van der Waals surface area contributed by atoms with E-state index in [2.05, 4.69) is 9.97 Å². The van der Waals surface area contributed by atoms with Gasteiger partial charge in [0.05, 0.1) is 27.6 Å². The summed E-state index contributed by atoms with van der Waals surface area (Å²) in [5.74, 6) is -4.15. The molecule has 0 bridgehead atoms. The minimum atomic E-state index is -4.75. The summed E-state index contributed by atoms with van der Waals surface area (Å²) in [6, 6.07) is 10.3. The second-order valence-corrected chi connectivity index (χ2v) is 22.9. The summed E-state index contributed by atoms with van der Waals surface area (Å²) < 4.78 is 339. The lowest BCUT2D eigenvalue weighted by molar-refractivity contribution is -0.138. The van der Waals surface area contributed by atoms with Crippen LogP contribution in [0.5, 0.6) is 0 Å². The average molecular weight is 1390 g/mol. The van der Waals surface area contributed by atoms with Crippen LogP contribution in [0.4, 0.5) is 35.1 Å². The number of nitrogens with zero attached hydrogens (tertiary/aromatic N) is 8. The van der Waals surface area contributed by atoms with Crippen LogP contribution in [0.1, 0.15) is 143 Å². The van der Waals surface area contributed by atoms with Crippen molar-refractivity contribution in [3.63, 3.8) is 0 Å². The maximum Gasteiger partial charge on any atom is 0.416 e. The number of thioether (sulfide) groups is 2. The Morgan fingerprint density at radius 3 is 1.31 bits per heavy atom. The highest BCUT2D eigenvalue weighted by Gasteiger charge is 2.32. The zero-order chi connectivity index (χ0) is 92.0. The molecular formula is C74H80F8N8O4S2. The first-order valence-electron chi connectivity index (χ1n) is 42.6. The molecule has 0 saturated carbocycles. The fourth-order valence-electron chi connectivity index (χ4n) is 10.2. The molecule has 0 fully saturated rings. The van der Waals surface area contributed by atoms with Gasteiger partial charge in [-0.2, -0.15) is 36.3 Å². The number of aromatic nitrogens is 4. The van der Waals surface area contributed by atoms with Gasteiger partial charge in [0.2, 0.25) is 11.8 Å². The molecule has 96 heavy (non-hydrogen) atoms. The monoisotopic (exact) mass is 1390 g/mol. The molecule has 2 aliphatic carbocycles. The van der Waals surface area contributed by atoms with E-state index in [1.54, 1.807) is 0 Å². The molecule has 2 heterocycles. The van der Waals surface area contributed by atoms with Crippen LogP contribution >= 0.6 is 23.5 Å². The minimum Gasteiger partial charge on any atom is -0.336 e. The smallest absolute Gasteiger partial charge is 0.336 e. The molecule has 0 N–H and O–H groups in total. The number of alkyl halides is 6. The molecule has 0 radical (unpaired) electrons. The first-order valence-corrected chi connectivity index (χ1v) is 31.2. The average Bonchev–Trinajstić information content (AvgIpc) is 0.857. The third kappa shape index (κ3) is 18.8. The van der Waals surface area contributed by atoms with E-state index in [0.717, 1.165) is 103 Å². The number of likely N-dealkylation sites (N-methyl/N-ethyl adjacent to an activating group) is 2. The number of amides is 2. The quantitative estimate of drug-likeness (QED) is 0.0295. The standard InChI is InChI=1S/2C37H40F4N4O2S/c2*1-4-43(5-2)19-20-44(22-27-11-18-31(25(3)21-27)28-12-14-29(15-13-28)37(39,40)41)34(46)23-45-33-8-6-7-32(33)35(47)42-36(45)48-24-26-9-16-30(38)17-10-26/h2*9-18,21H,4-8,19-20,22-24H2,1-3H3/i4D2,5D2,11D,18D,19D2,20D2,21D,22D2,24D2;4D2,5D2,11D,18D,21D,22D2,24D2. The van der Waals surface area contributed by atoms with Gasteiger partial charge in [0.15, 0.2) is 10.3 Å². The van der Waals surface area contributed by atoms with Gasteiger partial charge < -0.3 is 28.7 Å². The lowest BCUT2D eigenvalue weighted by atomic mass is 9.97. The molecule has 0 saturated heterocycles. The maximum absolute atomic E-state index is 15.0. The van der Waals surface area contributed by atoms with Crippen molar-refractivity contribution >= 4 is 35.3 Å². The molecule has 0 unspecified atom stereocenters. The predicted molar refractivity (Wildman–Crippen MR) is 363 cm³/mol. The van der Waals surface area contributed by atoms with E-state index in [1.165, 1.54) is 23.6 Å². The topological polar surface area (TPSA) is 117 Å². The normalized spacial score (nSPS) is 18.3. The van der Waals surface area contributed by atoms with Gasteiger partial charge in [0.25, 0.3) is 11.1 Å². The SMILES string of the molecule is [2H]c1c([2H])c(C([2H])([2H])N(C(=O)Cn2c(SC([2H])([2H])c3ccc(F)cc3)nc(=O)c3c2CCC3)C([2H])([2H])C([2H])([2H])N(C([2H])([2H])C)C([2H])([2H])C)c([2H])c(C)c1-c1ccc(C(F)(F)F)cc1.[2H]c1c([2H])c(C([2H])([2H])N(CCN(C([2H])([2H])C)C([2H])([2H])C)C(=O)Cn2c(SC([2H])([2H])c3ccc(F)cc3)nc(=O)c3c2CCC3)c([2H])c(C)c1-c1ccc(C(F)(F)F)cc1. The largest absolute Gasteiger partial charge is 0.416 e. The van der Waals surface area contributed by atoms with Gasteiger partial charge in [0, 0.05) is 92.2 Å². The van der Waals surface area contributed by atoms with Gasteiger partial charge in [-0.15, -0.1) is 0 Å². The zero-order valence-electron chi connectivity index (χ0n) is 78.4. The number of rotatable bonds is 26. The third-order valence-corrected chi connectivity index (χ3v) is 16.7. The second kappa shape index (κ2) is 32.9. The lowest BCUT2D eigenvalue weighted by Gasteiger charge is -2.28. The van der Waals surface area contributed by atoms with Crippen molar-refractivity contribution in [1.29, 1.82) is 0 Å². The van der Waals surface area contributed by atoms with Crippen LogP contribution in [0.2, 0.25) is 0 Å². The van der Waals surface area contributed by atoms with E-state index in [0.29, 0.717) is 61.2 Å². The van der Waals surface area contributed by atoms with Gasteiger partial charge in [0.1, 0.15) is 24.7 Å². The van der Waals surface area contributed by atoms with Gasteiger partial charge in [-0.25, -0.2) is 8.78 Å². The van der Waals surface area contributed by atoms with Crippen LogP contribution < -0.4 is 11.1 Å². The van der Waals surface area contributed by atoms with Gasteiger partial charge >= 0.3 is 12.4 Å². The summed E-state index contributed by atoms with van der Waals surface area (Å²) in [7, 11) is 0. The molecule has 2 aromatic heterocycles. The van der Waals surface area contributed by atoms with E-state index in [9.17, 15) is 62.5 Å². The van der Waals surface area contributed by atoms with Crippen LogP contribution in [0.15, 0.2) is 153 Å². The first-order chi connectivity index (χ1) is 55.6. The van der Waals surface area contributed by atoms with Crippen molar-refractivity contribution in [3.05, 3.63) is 233 Å². The molecule has 22 heteroatoms. The molecular weight excluding hydrogens is 1280 g/mol. The fraction of sp³-hybridized carbons (Fsp3) is 0.378. The Labute approximate surface area is 600 Å². The Bertz CT molecular complexity index is 5350. The van der Waals surface area contributed by atoms with Crippen LogP contribution in [0.25, 0.3) is 22.3 Å². The number of hydrogen-bond donors (Lipinski definition) is 0. The number of fused-ring (bicyclic) bond motifs is 2. The first kappa shape index (κ1) is 44.8. The fourth-order valence-corrected chi connectivity index (χ4v) is 11.7. The molecule has 12 nitrogen and oxygen atoms in total. The number of carbonyl (C=O) groups excluding carboxylic acids is 2. The Hall–Kier alpha value is -7.92. The van der Waals surface area contributed by atoms with Crippen molar-refractivity contribution in [3.8, 4) is 22.3 Å². The highest BCUT2D eigenvalue weighted by atomic mass is 32.2. The Morgan fingerprint density at radius 1 is 0.521 bits per heavy atom. The maximum atomic E-state index is 15.0. The summed E-state index contributed by atoms with van der Waals surface area (Å²) >= 11 is 0.728. The molecule has 10 rings (SSSR count). The van der Waals surface area contributed by atoms with E-state index in [1.807, 2.05) is 0 Å². The molecule has 2 amide bonds. The van der Waals surface area contributed by atoms with Crippen molar-refractivity contribution in [1.82, 2.24) is 38.7 Å². The van der Waals surface area contributed by atoms with E-state index in [-0.39, 0.29) is 109 Å². The zero-order valence-corrected chi connectivity index (χ0v) is 54.0. The highest BCUT2D eigenvalue weighted by molar-refractivity contribution is 7.98. The van der Waals surface area contributed by atoms with Crippen LogP contribution in [-0.4, -0.2) is 103 Å². The van der Waals surface area contributed by atoms with Crippen molar-refractivity contribution < 1.29 is 80.4 Å². The van der Waals surface area contributed by atoms with E-state index in [4.69, 9.17) is 27.4 Å². The van der Waals surface area contributed by atoms with E-state index >= 15 is 0 Å². The van der Waals surface area contributed by atoms with Crippen molar-refractivity contribution in [2.45, 2.75) is 140 Å². The minimum absolute atomic E-state index is 0.00418. The van der Waals surface area contributed by atoms with Gasteiger partial charge in [-0.1, -0.05) is 136 Å². The molecule has 508 valence electrons. The Kier molecular flexibility index (Phi) is 15.4. The Morgan fingerprint density at radius 2 is 0.917 bits per heavy atom. The summed E-state index contributed by atoms with van der Waals surface area (Å²) in [5.41, 5.74) is -10.6. The van der Waals surface area contributed by atoms with Crippen molar-refractivity contribution in [2.75, 3.05) is 52.1 Å². The highest BCUT2D eigenvalue weighted by Crippen LogP contribution is 2.35. The number of halogens is 8. The molecule has 0 aliphatic heterocycles. The number of carbonyl (C=O) groups is 2. The molecule has 8 aromatic rings. The molecule has 0 atom stereocenters. The summed E-state index contributed by atoms with van der Waals surface area (Å²) in [5, 5.41) is -0.779. The van der Waals surface area contributed by atoms with Gasteiger partial charge in [-0.3, -0.25) is 19.2 Å². The molecule has 0 spiro atoms. The van der Waals surface area contributed by atoms with E-state index < -0.39 is 205 Å². The summed E-state index contributed by atoms with van der Waals surface area (Å²) in [6.07, 6.45) is -7.90. The van der Waals surface area contributed by atoms with Crippen molar-refractivity contribution in [2.24, 2.45) is 0 Å². The summed E-state index contributed by atoms with van der Waals surface area (Å²) in [6.45, 7) is -23.7.